The molecular weight excluding hydrogens is 377 g/mol. The molecule has 0 fully saturated rings. The quantitative estimate of drug-likeness (QED) is 0.697. The van der Waals surface area contributed by atoms with Crippen LogP contribution in [0, 0.1) is 0 Å². The first-order chi connectivity index (χ1) is 12.5. The maximum atomic E-state index is 12.1. The number of carbonyl (C=O) groups excluding carboxylic acids is 1. The molecule has 7 nitrogen and oxygen atoms in total. The van der Waals surface area contributed by atoms with Crippen LogP contribution in [-0.2, 0) is 4.79 Å². The van der Waals surface area contributed by atoms with Crippen molar-refractivity contribution in [2.45, 2.75) is 13.0 Å². The molecule has 0 saturated carbocycles. The molecule has 1 amide bonds. The Balaban J connectivity index is 1.58. The lowest BCUT2D eigenvalue weighted by molar-refractivity contribution is -0.123. The molecule has 2 aromatic carbocycles. The zero-order valence-electron chi connectivity index (χ0n) is 13.8. The summed E-state index contributed by atoms with van der Waals surface area (Å²) < 4.78 is 7.04. The average Bonchev–Trinajstić information content (AvgIpc) is 3.15. The second-order valence-electron chi connectivity index (χ2n) is 5.50. The SMILES string of the molecule is C[C@@H](NC(=O)COc1cccc(-n2cnnn2)c1)c1ccc(Cl)cc1Cl. The van der Waals surface area contributed by atoms with E-state index in [0.29, 0.717) is 15.8 Å². The van der Waals surface area contributed by atoms with E-state index in [1.165, 1.54) is 11.0 Å². The van der Waals surface area contributed by atoms with Crippen molar-refractivity contribution in [1.29, 1.82) is 0 Å². The molecule has 1 N–H and O–H groups in total. The van der Waals surface area contributed by atoms with E-state index in [1.54, 1.807) is 36.4 Å². The molecule has 1 atom stereocenters. The van der Waals surface area contributed by atoms with Crippen molar-refractivity contribution in [3.63, 3.8) is 0 Å². The molecule has 0 radical (unpaired) electrons. The van der Waals surface area contributed by atoms with Crippen molar-refractivity contribution in [2.24, 2.45) is 0 Å². The smallest absolute Gasteiger partial charge is 0.258 e. The summed E-state index contributed by atoms with van der Waals surface area (Å²) in [6.07, 6.45) is 1.48. The van der Waals surface area contributed by atoms with Gasteiger partial charge in [0.25, 0.3) is 5.91 Å². The lowest BCUT2D eigenvalue weighted by Gasteiger charge is -2.16. The molecule has 0 aliphatic carbocycles. The summed E-state index contributed by atoms with van der Waals surface area (Å²) in [7, 11) is 0. The van der Waals surface area contributed by atoms with E-state index in [-0.39, 0.29) is 18.6 Å². The third kappa shape index (κ3) is 4.50. The molecule has 0 unspecified atom stereocenters. The maximum absolute atomic E-state index is 12.1. The third-order valence-electron chi connectivity index (χ3n) is 3.61. The molecular formula is C17H15Cl2N5O2. The number of ether oxygens (including phenoxy) is 1. The fourth-order valence-corrected chi connectivity index (χ4v) is 2.93. The number of halogens is 2. The molecule has 0 bridgehead atoms. The average molecular weight is 392 g/mol. The molecule has 0 aliphatic heterocycles. The van der Waals surface area contributed by atoms with E-state index in [9.17, 15) is 4.79 Å². The summed E-state index contributed by atoms with van der Waals surface area (Å²) in [5, 5.41) is 14.9. The van der Waals surface area contributed by atoms with Crippen LogP contribution < -0.4 is 10.1 Å². The molecule has 3 rings (SSSR count). The predicted molar refractivity (Wildman–Crippen MR) is 97.7 cm³/mol. The summed E-state index contributed by atoms with van der Waals surface area (Å²) >= 11 is 12.1. The molecule has 26 heavy (non-hydrogen) atoms. The maximum Gasteiger partial charge on any atom is 0.258 e. The highest BCUT2D eigenvalue weighted by atomic mass is 35.5. The van der Waals surface area contributed by atoms with E-state index < -0.39 is 0 Å². The number of hydrogen-bond acceptors (Lipinski definition) is 5. The monoisotopic (exact) mass is 391 g/mol. The number of hydrogen-bond donors (Lipinski definition) is 1. The summed E-state index contributed by atoms with van der Waals surface area (Å²) in [6, 6.07) is 12.0. The van der Waals surface area contributed by atoms with E-state index in [1.807, 2.05) is 13.0 Å². The molecule has 0 spiro atoms. The number of aromatic nitrogens is 4. The van der Waals surface area contributed by atoms with Crippen LogP contribution in [0.25, 0.3) is 5.69 Å². The Morgan fingerprint density at radius 1 is 1.27 bits per heavy atom. The lowest BCUT2D eigenvalue weighted by atomic mass is 10.1. The number of nitrogens with zero attached hydrogens (tertiary/aromatic N) is 4. The molecule has 9 heteroatoms. The largest absolute Gasteiger partial charge is 0.484 e. The highest BCUT2D eigenvalue weighted by molar-refractivity contribution is 6.35. The Labute approximate surface area is 159 Å². The Hall–Kier alpha value is -2.64. The van der Waals surface area contributed by atoms with Gasteiger partial charge in [-0.1, -0.05) is 35.3 Å². The van der Waals surface area contributed by atoms with E-state index in [0.717, 1.165) is 11.3 Å². The summed E-state index contributed by atoms with van der Waals surface area (Å²) in [6.45, 7) is 1.71. The first-order valence-electron chi connectivity index (χ1n) is 7.73. The normalized spacial score (nSPS) is 11.8. The van der Waals surface area contributed by atoms with Crippen LogP contribution in [0.3, 0.4) is 0 Å². The van der Waals surface area contributed by atoms with Gasteiger partial charge in [0.05, 0.1) is 11.7 Å². The van der Waals surface area contributed by atoms with Gasteiger partial charge in [-0.2, -0.15) is 0 Å². The minimum Gasteiger partial charge on any atom is -0.484 e. The van der Waals surface area contributed by atoms with Crippen molar-refractivity contribution in [2.75, 3.05) is 6.61 Å². The highest BCUT2D eigenvalue weighted by Crippen LogP contribution is 2.26. The van der Waals surface area contributed by atoms with Crippen LogP contribution >= 0.6 is 23.2 Å². The number of tetrazole rings is 1. The molecule has 1 heterocycles. The third-order valence-corrected chi connectivity index (χ3v) is 4.17. The van der Waals surface area contributed by atoms with Crippen LogP contribution in [0.4, 0.5) is 0 Å². The molecule has 0 aliphatic rings. The number of carbonyl (C=O) groups is 1. The predicted octanol–water partition coefficient (Wildman–Crippen LogP) is 3.23. The Kier molecular flexibility index (Phi) is 5.70. The van der Waals surface area contributed by atoms with Crippen LogP contribution in [-0.4, -0.2) is 32.7 Å². The van der Waals surface area contributed by atoms with Gasteiger partial charge in [-0.05, 0) is 47.2 Å². The summed E-state index contributed by atoms with van der Waals surface area (Å²) in [5.74, 6) is 0.265. The van der Waals surface area contributed by atoms with Crippen LogP contribution in [0.2, 0.25) is 10.0 Å². The Bertz CT molecular complexity index is 902. The summed E-state index contributed by atoms with van der Waals surface area (Å²) in [5.41, 5.74) is 1.51. The van der Waals surface area contributed by atoms with Gasteiger partial charge < -0.3 is 10.1 Å². The van der Waals surface area contributed by atoms with Gasteiger partial charge in [0.1, 0.15) is 12.1 Å². The van der Waals surface area contributed by atoms with Gasteiger partial charge in [0.2, 0.25) is 0 Å². The fourth-order valence-electron chi connectivity index (χ4n) is 2.36. The zero-order valence-corrected chi connectivity index (χ0v) is 15.3. The zero-order chi connectivity index (χ0) is 18.5. The topological polar surface area (TPSA) is 81.9 Å². The lowest BCUT2D eigenvalue weighted by Crippen LogP contribution is -2.31. The van der Waals surface area contributed by atoms with Gasteiger partial charge >= 0.3 is 0 Å². The van der Waals surface area contributed by atoms with E-state index >= 15 is 0 Å². The molecule has 1 aromatic heterocycles. The van der Waals surface area contributed by atoms with Gasteiger partial charge in [0, 0.05) is 16.1 Å². The second-order valence-corrected chi connectivity index (χ2v) is 6.34. The first-order valence-corrected chi connectivity index (χ1v) is 8.49. The fraction of sp³-hybridized carbons (Fsp3) is 0.176. The van der Waals surface area contributed by atoms with Gasteiger partial charge in [-0.3, -0.25) is 4.79 Å². The standard InChI is InChI=1S/C17H15Cl2N5O2/c1-11(15-6-5-12(18)7-16(15)19)21-17(25)9-26-14-4-2-3-13(8-14)24-10-20-22-23-24/h2-8,10-11H,9H2,1H3,(H,21,25)/t11-/m1/s1. The van der Waals surface area contributed by atoms with Crippen molar-refractivity contribution >= 4 is 29.1 Å². The molecule has 134 valence electrons. The van der Waals surface area contributed by atoms with Crippen molar-refractivity contribution in [3.05, 3.63) is 64.4 Å². The van der Waals surface area contributed by atoms with Gasteiger partial charge in [-0.15, -0.1) is 5.10 Å². The highest BCUT2D eigenvalue weighted by Gasteiger charge is 2.13. The minimum absolute atomic E-state index is 0.130. The minimum atomic E-state index is -0.275. The number of amides is 1. The van der Waals surface area contributed by atoms with Crippen molar-refractivity contribution in [3.8, 4) is 11.4 Å². The Morgan fingerprint density at radius 2 is 2.12 bits per heavy atom. The van der Waals surface area contributed by atoms with E-state index in [4.69, 9.17) is 27.9 Å². The van der Waals surface area contributed by atoms with Gasteiger partial charge in [-0.25, -0.2) is 4.68 Å². The number of benzene rings is 2. The van der Waals surface area contributed by atoms with Gasteiger partial charge in [0.15, 0.2) is 6.61 Å². The van der Waals surface area contributed by atoms with Crippen LogP contribution in [0.15, 0.2) is 48.8 Å². The summed E-state index contributed by atoms with van der Waals surface area (Å²) in [4.78, 5) is 12.1. The van der Waals surface area contributed by atoms with Crippen LogP contribution in [0.1, 0.15) is 18.5 Å². The van der Waals surface area contributed by atoms with Crippen LogP contribution in [0.5, 0.6) is 5.75 Å². The van der Waals surface area contributed by atoms with Crippen molar-refractivity contribution in [1.82, 2.24) is 25.5 Å². The number of nitrogens with one attached hydrogen (secondary N) is 1. The van der Waals surface area contributed by atoms with Crippen molar-refractivity contribution < 1.29 is 9.53 Å². The molecule has 0 saturated heterocycles. The first kappa shape index (κ1) is 18.2. The Morgan fingerprint density at radius 3 is 2.85 bits per heavy atom. The second kappa shape index (κ2) is 8.16. The molecule has 3 aromatic rings. The number of rotatable bonds is 6. The van der Waals surface area contributed by atoms with E-state index in [2.05, 4.69) is 20.8 Å².